The molecule has 1 aliphatic heterocycles. The molecule has 1 aliphatic carbocycles. The largest absolute Gasteiger partial charge is 1.00 e. The van der Waals surface area contributed by atoms with E-state index in [1.54, 1.807) is 39.8 Å². The molecule has 10 heteroatoms. The maximum Gasteiger partial charge on any atom is 0.201 e. The fraction of sp³-hybridized carbons (Fsp3) is 0.480. The number of hydrogen-bond donors (Lipinski definition) is 0. The highest BCUT2D eigenvalue weighted by molar-refractivity contribution is 7.21. The molecule has 0 radical (unpaired) electrons. The van der Waals surface area contributed by atoms with Crippen LogP contribution in [0.5, 0.6) is 0 Å². The fourth-order valence-corrected chi connectivity index (χ4v) is 4.78. The standard InChI is InChI=1S/C25H33N4O4S.HI/c1-30-11-7-28(8-12-31-2)20-5-6-22-23(16-20)34-24-17-21(15-19(18-26)25(24)27-22)29(9-13-32-3)10-14-33-4;/h5-6,15-17H,7-14H2,1-4H3;1H/q+1;/p-1. The van der Waals surface area contributed by atoms with Gasteiger partial charge >= 0.3 is 0 Å². The number of aromatic nitrogens is 1. The molecule has 0 fully saturated rings. The minimum Gasteiger partial charge on any atom is -1.00 e. The van der Waals surface area contributed by atoms with Gasteiger partial charge in [-0.2, -0.15) is 5.26 Å². The maximum absolute atomic E-state index is 9.86. The van der Waals surface area contributed by atoms with Gasteiger partial charge in [-0.15, -0.1) is 11.3 Å². The molecule has 0 bridgehead atoms. The van der Waals surface area contributed by atoms with Crippen LogP contribution in [-0.2, 0) is 18.9 Å². The molecule has 3 rings (SSSR count). The first-order chi connectivity index (χ1) is 16.6. The van der Waals surface area contributed by atoms with Crippen LogP contribution in [0.25, 0.3) is 20.8 Å². The number of ether oxygens (including phenoxy) is 4. The summed E-state index contributed by atoms with van der Waals surface area (Å²) in [5.74, 6) is 0. The zero-order valence-electron chi connectivity index (χ0n) is 20.8. The quantitative estimate of drug-likeness (QED) is 0.146. The van der Waals surface area contributed by atoms with Crippen LogP contribution in [-0.4, -0.2) is 86.0 Å². The Morgan fingerprint density at radius 1 is 0.914 bits per heavy atom. The second kappa shape index (κ2) is 15.3. The number of anilines is 1. The van der Waals surface area contributed by atoms with Crippen molar-refractivity contribution in [3.63, 3.8) is 0 Å². The predicted octanol–water partition coefficient (Wildman–Crippen LogP) is -0.559. The number of benzene rings is 2. The summed E-state index contributed by atoms with van der Waals surface area (Å²) >= 11 is 1.65. The van der Waals surface area contributed by atoms with Gasteiger partial charge in [0.25, 0.3) is 0 Å². The van der Waals surface area contributed by atoms with Crippen LogP contribution in [0, 0.1) is 11.3 Å². The first kappa shape index (κ1) is 29.4. The number of fused-ring (bicyclic) bond motifs is 2. The Hall–Kier alpha value is -1.88. The van der Waals surface area contributed by atoms with E-state index < -0.39 is 0 Å². The minimum atomic E-state index is 0. The van der Waals surface area contributed by atoms with Gasteiger partial charge in [0, 0.05) is 59.3 Å². The number of rotatable bonds is 13. The smallest absolute Gasteiger partial charge is 0.201 e. The molecule has 0 N–H and O–H groups in total. The maximum atomic E-state index is 9.86. The average molecular weight is 613 g/mol. The predicted molar refractivity (Wildman–Crippen MR) is 136 cm³/mol. The summed E-state index contributed by atoms with van der Waals surface area (Å²) in [6.07, 6.45) is 0. The molecule has 0 saturated carbocycles. The number of nitrogens with zero attached hydrogens (tertiary/aromatic N) is 4. The molecule has 1 aromatic carbocycles. The molecular weight excluding hydrogens is 579 g/mol. The Labute approximate surface area is 228 Å². The Morgan fingerprint density at radius 2 is 1.54 bits per heavy atom. The number of halogens is 1. The summed E-state index contributed by atoms with van der Waals surface area (Å²) in [7, 11) is 6.79. The molecule has 0 amide bonds. The average Bonchev–Trinajstić information content (AvgIpc) is 2.86. The SMILES string of the molecule is COCCN(CCOC)c1cc(C#N)c2nc3ccc(=[N+](CCOC)CCOC)cc-3sc2c1.[I-]. The third-order valence-corrected chi connectivity index (χ3v) is 6.65. The number of nitriles is 1. The molecule has 8 nitrogen and oxygen atoms in total. The van der Waals surface area contributed by atoms with Gasteiger partial charge in [0.1, 0.15) is 19.3 Å². The van der Waals surface area contributed by atoms with Crippen LogP contribution < -0.4 is 38.8 Å². The Balaban J connectivity index is 0.00000432. The summed E-state index contributed by atoms with van der Waals surface area (Å²) in [5, 5.41) is 11.0. The minimum absolute atomic E-state index is 0. The topological polar surface area (TPSA) is 79.9 Å². The molecule has 35 heavy (non-hydrogen) atoms. The van der Waals surface area contributed by atoms with Gasteiger partial charge in [-0.25, -0.2) is 9.56 Å². The van der Waals surface area contributed by atoms with Gasteiger partial charge in [0.2, 0.25) is 5.36 Å². The van der Waals surface area contributed by atoms with Crippen molar-refractivity contribution in [2.45, 2.75) is 0 Å². The van der Waals surface area contributed by atoms with Crippen molar-refractivity contribution < 1.29 is 42.9 Å². The third kappa shape index (κ3) is 7.80. The fourth-order valence-electron chi connectivity index (χ4n) is 3.71. The highest BCUT2D eigenvalue weighted by Gasteiger charge is 2.16. The van der Waals surface area contributed by atoms with Crippen molar-refractivity contribution in [2.75, 3.05) is 85.9 Å². The van der Waals surface area contributed by atoms with Gasteiger partial charge in [-0.1, -0.05) is 0 Å². The monoisotopic (exact) mass is 612 g/mol. The highest BCUT2D eigenvalue weighted by atomic mass is 127. The second-order valence-electron chi connectivity index (χ2n) is 7.76. The van der Waals surface area contributed by atoms with Gasteiger partial charge in [-0.3, -0.25) is 0 Å². The van der Waals surface area contributed by atoms with E-state index in [0.717, 1.165) is 44.9 Å². The van der Waals surface area contributed by atoms with Crippen LogP contribution in [0.2, 0.25) is 0 Å². The van der Waals surface area contributed by atoms with Crippen molar-refractivity contribution in [2.24, 2.45) is 0 Å². The molecule has 2 aliphatic rings. The van der Waals surface area contributed by atoms with E-state index in [0.29, 0.717) is 45.1 Å². The number of hydrogen-bond acceptors (Lipinski definition) is 8. The zero-order valence-corrected chi connectivity index (χ0v) is 23.7. The molecule has 0 unspecified atom stereocenters. The number of methoxy groups -OCH3 is 4. The van der Waals surface area contributed by atoms with E-state index in [-0.39, 0.29) is 24.0 Å². The van der Waals surface area contributed by atoms with Crippen LogP contribution in [0.15, 0.2) is 30.3 Å². The molecule has 0 aromatic heterocycles. The molecule has 1 heterocycles. The van der Waals surface area contributed by atoms with Crippen molar-refractivity contribution in [3.05, 3.63) is 41.3 Å². The summed E-state index contributed by atoms with van der Waals surface area (Å²) in [6.45, 7) is 5.40. The van der Waals surface area contributed by atoms with Crippen molar-refractivity contribution in [1.29, 1.82) is 5.26 Å². The molecule has 1 aromatic rings. The van der Waals surface area contributed by atoms with E-state index in [2.05, 4.69) is 33.7 Å². The van der Waals surface area contributed by atoms with Crippen molar-refractivity contribution in [3.8, 4) is 16.6 Å². The lowest BCUT2D eigenvalue weighted by Gasteiger charge is -2.25. The zero-order chi connectivity index (χ0) is 24.3. The van der Waals surface area contributed by atoms with Gasteiger partial charge in [0.05, 0.1) is 39.6 Å². The third-order valence-electron chi connectivity index (χ3n) is 5.57. The van der Waals surface area contributed by atoms with Crippen molar-refractivity contribution >= 4 is 27.2 Å². The Bertz CT molecular complexity index is 1150. The molecular formula is C25H33IN4O4S. The molecule has 0 atom stereocenters. The van der Waals surface area contributed by atoms with Crippen LogP contribution in [0.1, 0.15) is 5.56 Å². The molecule has 190 valence electrons. The van der Waals surface area contributed by atoms with Gasteiger partial charge in [0.15, 0.2) is 13.1 Å². The molecule has 0 spiro atoms. The van der Waals surface area contributed by atoms with Crippen molar-refractivity contribution in [1.82, 2.24) is 9.56 Å². The van der Waals surface area contributed by atoms with E-state index in [9.17, 15) is 5.26 Å². The van der Waals surface area contributed by atoms with E-state index >= 15 is 0 Å². The Kier molecular flexibility index (Phi) is 12.8. The summed E-state index contributed by atoms with van der Waals surface area (Å²) in [4.78, 5) is 8.09. The first-order valence-corrected chi connectivity index (χ1v) is 12.0. The van der Waals surface area contributed by atoms with E-state index in [4.69, 9.17) is 23.9 Å². The van der Waals surface area contributed by atoms with Gasteiger partial charge in [-0.05, 0) is 18.2 Å². The highest BCUT2D eigenvalue weighted by Crippen LogP contribution is 2.34. The van der Waals surface area contributed by atoms with Crippen LogP contribution in [0.4, 0.5) is 5.69 Å². The molecule has 0 saturated heterocycles. The summed E-state index contributed by atoms with van der Waals surface area (Å²) < 4.78 is 24.4. The Morgan fingerprint density at radius 3 is 2.11 bits per heavy atom. The van der Waals surface area contributed by atoms with Crippen LogP contribution in [0.3, 0.4) is 0 Å². The second-order valence-corrected chi connectivity index (χ2v) is 8.85. The summed E-state index contributed by atoms with van der Waals surface area (Å²) in [5.41, 5.74) is 3.13. The first-order valence-electron chi connectivity index (χ1n) is 11.2. The van der Waals surface area contributed by atoms with E-state index in [1.165, 1.54) is 0 Å². The summed E-state index contributed by atoms with van der Waals surface area (Å²) in [6, 6.07) is 12.6. The lowest BCUT2D eigenvalue weighted by molar-refractivity contribution is -0.00000861. The normalized spacial score (nSPS) is 10.8. The lowest BCUT2D eigenvalue weighted by atomic mass is 10.1. The van der Waals surface area contributed by atoms with Crippen LogP contribution >= 0.6 is 11.3 Å². The lowest BCUT2D eigenvalue weighted by Crippen LogP contribution is -3.00. The van der Waals surface area contributed by atoms with E-state index in [1.807, 2.05) is 12.1 Å². The van der Waals surface area contributed by atoms with Gasteiger partial charge < -0.3 is 47.8 Å².